The number of ketones is 1. The van der Waals surface area contributed by atoms with Crippen molar-refractivity contribution < 1.29 is 32.7 Å². The van der Waals surface area contributed by atoms with Gasteiger partial charge in [-0.05, 0) is 26.0 Å². The van der Waals surface area contributed by atoms with Crippen LogP contribution in [0.2, 0.25) is 0 Å². The maximum absolute atomic E-state index is 14.2. The molecule has 6 atom stereocenters. The molecule has 8 heteroatoms. The number of rotatable bonds is 5. The van der Waals surface area contributed by atoms with Crippen molar-refractivity contribution in [3.05, 3.63) is 65.2 Å². The first-order valence-electron chi connectivity index (χ1n) is 10.1. The second-order valence-electron chi connectivity index (χ2n) is 7.84. The van der Waals surface area contributed by atoms with Gasteiger partial charge in [0.15, 0.2) is 5.78 Å². The summed E-state index contributed by atoms with van der Waals surface area (Å²) in [6, 6.07) is 13.9. The monoisotopic (exact) mass is 442 g/mol. The van der Waals surface area contributed by atoms with Crippen LogP contribution < -0.4 is 0 Å². The summed E-state index contributed by atoms with van der Waals surface area (Å²) in [7, 11) is -0.586. The zero-order chi connectivity index (χ0) is 22.0. The van der Waals surface area contributed by atoms with Gasteiger partial charge in [-0.25, -0.2) is 0 Å². The van der Waals surface area contributed by atoms with Gasteiger partial charge in [0, 0.05) is 29.7 Å². The number of hydrogen-bond acceptors (Lipinski definition) is 7. The normalized spacial score (nSPS) is 34.2. The quantitative estimate of drug-likeness (QED) is 0.658. The van der Waals surface area contributed by atoms with Crippen LogP contribution in [0.25, 0.3) is 0 Å². The van der Waals surface area contributed by atoms with Gasteiger partial charge in [0.05, 0.1) is 16.7 Å². The Kier molecular flexibility index (Phi) is 4.67. The van der Waals surface area contributed by atoms with E-state index in [4.69, 9.17) is 18.9 Å². The van der Waals surface area contributed by atoms with E-state index in [1.54, 1.807) is 43.3 Å². The molecule has 2 saturated heterocycles. The Morgan fingerprint density at radius 3 is 2.48 bits per heavy atom. The summed E-state index contributed by atoms with van der Waals surface area (Å²) in [6.45, 7) is 3.92. The number of Topliss-reactive ketones (excluding diaryl/α,β-unsaturated/α-hetero) is 1. The highest BCUT2D eigenvalue weighted by Gasteiger charge is 2.84. The van der Waals surface area contributed by atoms with Crippen molar-refractivity contribution in [1.82, 2.24) is 0 Å². The minimum absolute atomic E-state index is 0.246. The molecule has 3 aliphatic rings. The highest BCUT2D eigenvalue weighted by Crippen LogP contribution is 2.63. The van der Waals surface area contributed by atoms with E-state index in [2.05, 4.69) is 0 Å². The third kappa shape index (κ3) is 2.41. The van der Waals surface area contributed by atoms with E-state index in [1.807, 2.05) is 19.1 Å². The van der Waals surface area contributed by atoms with E-state index in [1.165, 1.54) is 7.11 Å². The highest BCUT2D eigenvalue weighted by atomic mass is 32.2. The standard InChI is InChI=1S/C23H22O7S/c1-4-28-20-17-19-18(24)15-7-5-6-8-16(15)23(27-3,30-19)22(17,21(25)29-20)31(26)14-11-9-13(2)10-12-14/h5-12,17,19-20H,4H2,1-3H3/t17-,19+,20+,22+,23+,31+/m1/s1. The molecule has 0 unspecified atom stereocenters. The first-order valence-corrected chi connectivity index (χ1v) is 11.2. The third-order valence-corrected chi connectivity index (χ3v) is 8.34. The number of carbonyl (C=O) groups excluding carboxylic acids is 2. The van der Waals surface area contributed by atoms with Crippen LogP contribution in [0.15, 0.2) is 53.4 Å². The number of hydrogen-bond donors (Lipinski definition) is 0. The van der Waals surface area contributed by atoms with Crippen molar-refractivity contribution in [1.29, 1.82) is 0 Å². The van der Waals surface area contributed by atoms with Crippen molar-refractivity contribution in [2.75, 3.05) is 13.7 Å². The zero-order valence-electron chi connectivity index (χ0n) is 17.3. The maximum Gasteiger partial charge on any atom is 0.334 e. The predicted molar refractivity (Wildman–Crippen MR) is 110 cm³/mol. The van der Waals surface area contributed by atoms with E-state index in [9.17, 15) is 13.8 Å². The number of aryl methyl sites for hydroxylation is 1. The Morgan fingerprint density at radius 1 is 1.10 bits per heavy atom. The molecule has 0 amide bonds. The molecule has 7 nitrogen and oxygen atoms in total. The second-order valence-corrected chi connectivity index (χ2v) is 9.49. The Morgan fingerprint density at radius 2 is 1.81 bits per heavy atom. The average Bonchev–Trinajstić information content (AvgIpc) is 3.23. The second kappa shape index (κ2) is 7.06. The predicted octanol–water partition coefficient (Wildman–Crippen LogP) is 2.47. The van der Waals surface area contributed by atoms with E-state index in [0.29, 0.717) is 16.0 Å². The van der Waals surface area contributed by atoms with E-state index < -0.39 is 45.6 Å². The van der Waals surface area contributed by atoms with Gasteiger partial charge in [0.25, 0.3) is 0 Å². The van der Waals surface area contributed by atoms with Gasteiger partial charge in [-0.3, -0.25) is 13.8 Å². The molecule has 162 valence electrons. The van der Waals surface area contributed by atoms with Gasteiger partial charge < -0.3 is 18.9 Å². The topological polar surface area (TPSA) is 88.1 Å². The van der Waals surface area contributed by atoms with Crippen LogP contribution in [0.1, 0.15) is 28.4 Å². The summed E-state index contributed by atoms with van der Waals surface area (Å²) in [6.07, 6.45) is -2.17. The SMILES string of the molecule is CCO[C@H]1OC(=O)[C@@]2([S@@](=O)c3ccc(C)cc3)[C@@H]1[C@@H]1O[C@@]2(OC)c2ccccc2C1=O. The summed E-state index contributed by atoms with van der Waals surface area (Å²) in [5, 5.41) is 0. The molecule has 0 saturated carbocycles. The Balaban J connectivity index is 1.82. The molecule has 0 radical (unpaired) electrons. The molecule has 0 aliphatic carbocycles. The lowest BCUT2D eigenvalue weighted by Gasteiger charge is -2.40. The fraction of sp³-hybridized carbons (Fsp3) is 0.391. The number of cyclic esters (lactones) is 1. The van der Waals surface area contributed by atoms with Crippen LogP contribution in [-0.2, 0) is 40.3 Å². The summed E-state index contributed by atoms with van der Waals surface area (Å²) < 4.78 is 35.8. The smallest absolute Gasteiger partial charge is 0.334 e. The molecule has 0 spiro atoms. The molecule has 3 aliphatic heterocycles. The summed E-state index contributed by atoms with van der Waals surface area (Å²) in [5.41, 5.74) is 1.74. The molecule has 5 rings (SSSR count). The number of carbonyl (C=O) groups is 2. The van der Waals surface area contributed by atoms with Crippen molar-refractivity contribution in [2.45, 2.75) is 41.7 Å². The lowest BCUT2D eigenvalue weighted by atomic mass is 9.84. The van der Waals surface area contributed by atoms with Crippen molar-refractivity contribution >= 4 is 22.6 Å². The molecule has 2 fully saturated rings. The van der Waals surface area contributed by atoms with E-state index in [-0.39, 0.29) is 12.4 Å². The minimum Gasteiger partial charge on any atom is -0.434 e. The third-order valence-electron chi connectivity index (χ3n) is 6.35. The van der Waals surface area contributed by atoms with Crippen LogP contribution in [0, 0.1) is 12.8 Å². The minimum atomic E-state index is -1.98. The molecule has 3 heterocycles. The molecule has 2 bridgehead atoms. The number of benzene rings is 2. The van der Waals surface area contributed by atoms with Crippen LogP contribution in [0.4, 0.5) is 0 Å². The van der Waals surface area contributed by atoms with E-state index >= 15 is 0 Å². The molecule has 2 aromatic rings. The first-order chi connectivity index (χ1) is 14.9. The molecule has 31 heavy (non-hydrogen) atoms. The Labute approximate surface area is 182 Å². The fourth-order valence-electron chi connectivity index (χ4n) is 5.04. The van der Waals surface area contributed by atoms with Crippen molar-refractivity contribution in [2.24, 2.45) is 5.92 Å². The van der Waals surface area contributed by atoms with Gasteiger partial charge >= 0.3 is 5.97 Å². The lowest BCUT2D eigenvalue weighted by Crippen LogP contribution is -2.59. The molecule has 0 N–H and O–H groups in total. The average molecular weight is 442 g/mol. The summed E-state index contributed by atoms with van der Waals surface area (Å²) in [5.74, 6) is -3.77. The lowest BCUT2D eigenvalue weighted by molar-refractivity contribution is -0.238. The van der Waals surface area contributed by atoms with Crippen LogP contribution >= 0.6 is 0 Å². The Bertz CT molecular complexity index is 1100. The molecule has 0 aromatic heterocycles. The number of fused-ring (bicyclic) bond motifs is 7. The van der Waals surface area contributed by atoms with Gasteiger partial charge in [-0.15, -0.1) is 0 Å². The number of ether oxygens (including phenoxy) is 4. The van der Waals surface area contributed by atoms with Crippen molar-refractivity contribution in [3.63, 3.8) is 0 Å². The summed E-state index contributed by atoms with van der Waals surface area (Å²) >= 11 is 0. The highest BCUT2D eigenvalue weighted by molar-refractivity contribution is 7.87. The van der Waals surface area contributed by atoms with Gasteiger partial charge in [-0.2, -0.15) is 0 Å². The molecular weight excluding hydrogens is 420 g/mol. The van der Waals surface area contributed by atoms with Crippen LogP contribution in [-0.4, -0.2) is 46.8 Å². The number of esters is 1. The number of methoxy groups -OCH3 is 1. The van der Waals surface area contributed by atoms with Gasteiger partial charge in [-0.1, -0.05) is 42.0 Å². The molecular formula is C23H22O7S. The first kappa shape index (κ1) is 20.5. The zero-order valence-corrected chi connectivity index (χ0v) is 18.1. The van der Waals surface area contributed by atoms with Crippen LogP contribution in [0.3, 0.4) is 0 Å². The van der Waals surface area contributed by atoms with E-state index in [0.717, 1.165) is 5.56 Å². The largest absolute Gasteiger partial charge is 0.434 e. The summed E-state index contributed by atoms with van der Waals surface area (Å²) in [4.78, 5) is 27.4. The van der Waals surface area contributed by atoms with Crippen molar-refractivity contribution in [3.8, 4) is 0 Å². The molecule has 2 aromatic carbocycles. The van der Waals surface area contributed by atoms with Crippen LogP contribution in [0.5, 0.6) is 0 Å². The van der Waals surface area contributed by atoms with Gasteiger partial charge in [0.2, 0.25) is 16.8 Å². The van der Waals surface area contributed by atoms with Gasteiger partial charge in [0.1, 0.15) is 6.10 Å². The Hall–Kier alpha value is -2.39. The fourth-order valence-corrected chi connectivity index (χ4v) is 6.96. The maximum atomic E-state index is 14.2.